The molecule has 6 heteroatoms. The van der Waals surface area contributed by atoms with Gasteiger partial charge in [-0.05, 0) is 50.2 Å². The van der Waals surface area contributed by atoms with Crippen LogP contribution in [0.15, 0.2) is 24.3 Å². The van der Waals surface area contributed by atoms with E-state index in [0.29, 0.717) is 32.4 Å². The smallest absolute Gasteiger partial charge is 0.332 e. The highest BCUT2D eigenvalue weighted by Gasteiger charge is 2.49. The van der Waals surface area contributed by atoms with Gasteiger partial charge in [0.05, 0.1) is 12.3 Å². The number of esters is 1. The molecule has 1 aliphatic heterocycles. The van der Waals surface area contributed by atoms with E-state index >= 15 is 0 Å². The first kappa shape index (κ1) is 18.4. The van der Waals surface area contributed by atoms with Gasteiger partial charge in [-0.15, -0.1) is 0 Å². The third-order valence-electron chi connectivity index (χ3n) is 6.10. The van der Waals surface area contributed by atoms with E-state index in [0.717, 1.165) is 28.6 Å². The van der Waals surface area contributed by atoms with E-state index in [1.54, 1.807) is 6.92 Å². The van der Waals surface area contributed by atoms with Crippen molar-refractivity contribution in [3.8, 4) is 0 Å². The zero-order valence-electron chi connectivity index (χ0n) is 15.6. The number of aromatic amines is 1. The first-order chi connectivity index (χ1) is 13.0. The van der Waals surface area contributed by atoms with Crippen LogP contribution >= 0.6 is 0 Å². The Bertz CT molecular complexity index is 838. The van der Waals surface area contributed by atoms with Crippen LogP contribution < -0.4 is 5.32 Å². The monoisotopic (exact) mass is 376 g/mol. The van der Waals surface area contributed by atoms with Gasteiger partial charge in [0.2, 0.25) is 5.92 Å². The zero-order chi connectivity index (χ0) is 19.1. The minimum Gasteiger partial charge on any atom is -0.464 e. The number of fused-ring (bicyclic) bond motifs is 3. The van der Waals surface area contributed by atoms with Gasteiger partial charge in [0.15, 0.2) is 5.54 Å². The van der Waals surface area contributed by atoms with E-state index in [2.05, 4.69) is 16.4 Å². The van der Waals surface area contributed by atoms with Gasteiger partial charge in [0.1, 0.15) is 0 Å². The first-order valence-electron chi connectivity index (χ1n) is 9.85. The summed E-state index contributed by atoms with van der Waals surface area (Å²) in [6.07, 6.45) is 1.98. The Kier molecular flexibility index (Phi) is 4.70. The van der Waals surface area contributed by atoms with Crippen molar-refractivity contribution >= 4 is 16.9 Å². The van der Waals surface area contributed by atoms with Crippen LogP contribution in [0.2, 0.25) is 0 Å². The maximum Gasteiger partial charge on any atom is 0.332 e. The molecule has 2 aromatic rings. The number of carbonyl (C=O) groups is 1. The second-order valence-corrected chi connectivity index (χ2v) is 7.83. The summed E-state index contributed by atoms with van der Waals surface area (Å²) in [4.78, 5) is 16.5. The SMILES string of the molecule is CCOC(=O)C1(CC2CCC(F)(F)CC2)NCCc2c1[nH]c1ccccc21. The van der Waals surface area contributed by atoms with Crippen molar-refractivity contribution in [3.05, 3.63) is 35.5 Å². The number of hydrogen-bond donors (Lipinski definition) is 2. The largest absolute Gasteiger partial charge is 0.464 e. The third-order valence-corrected chi connectivity index (χ3v) is 6.10. The van der Waals surface area contributed by atoms with Crippen LogP contribution in [0.5, 0.6) is 0 Å². The van der Waals surface area contributed by atoms with Gasteiger partial charge in [0.25, 0.3) is 0 Å². The predicted octanol–water partition coefficient (Wildman–Crippen LogP) is 4.29. The molecule has 0 saturated heterocycles. The molecule has 4 rings (SSSR count). The lowest BCUT2D eigenvalue weighted by Gasteiger charge is -2.40. The van der Waals surface area contributed by atoms with Gasteiger partial charge in [0, 0.05) is 30.3 Å². The van der Waals surface area contributed by atoms with E-state index in [1.165, 1.54) is 0 Å². The lowest BCUT2D eigenvalue weighted by Crippen LogP contribution is -2.55. The maximum absolute atomic E-state index is 13.6. The molecule has 1 aromatic heterocycles. The molecule has 1 unspecified atom stereocenters. The highest BCUT2D eigenvalue weighted by atomic mass is 19.3. The summed E-state index contributed by atoms with van der Waals surface area (Å²) in [6.45, 7) is 2.75. The Balaban J connectivity index is 1.73. The number of hydrogen-bond acceptors (Lipinski definition) is 3. The van der Waals surface area contributed by atoms with Crippen LogP contribution in [0.1, 0.15) is 50.3 Å². The van der Waals surface area contributed by atoms with Gasteiger partial charge >= 0.3 is 5.97 Å². The minimum absolute atomic E-state index is 0.0684. The lowest BCUT2D eigenvalue weighted by atomic mass is 9.74. The van der Waals surface area contributed by atoms with E-state index in [1.807, 2.05) is 18.2 Å². The quantitative estimate of drug-likeness (QED) is 0.783. The summed E-state index contributed by atoms with van der Waals surface area (Å²) < 4.78 is 32.6. The van der Waals surface area contributed by atoms with Crippen molar-refractivity contribution < 1.29 is 18.3 Å². The van der Waals surface area contributed by atoms with Gasteiger partial charge in [-0.1, -0.05) is 18.2 Å². The number of rotatable bonds is 4. The standard InChI is InChI=1S/C21H26F2N2O2/c1-2-27-19(26)21(13-14-7-10-20(22,23)11-8-14)18-16(9-12-24-21)15-5-3-4-6-17(15)25-18/h3-6,14,24-25H,2,7-13H2,1H3. The maximum atomic E-state index is 13.6. The molecule has 0 bridgehead atoms. The number of benzene rings is 1. The molecule has 27 heavy (non-hydrogen) atoms. The summed E-state index contributed by atoms with van der Waals surface area (Å²) in [7, 11) is 0. The number of halogens is 2. The Labute approximate surface area is 157 Å². The highest BCUT2D eigenvalue weighted by Crippen LogP contribution is 2.44. The molecule has 2 N–H and O–H groups in total. The number of alkyl halides is 2. The first-order valence-corrected chi connectivity index (χ1v) is 9.85. The third kappa shape index (κ3) is 3.24. The molecular weight excluding hydrogens is 350 g/mol. The Hall–Kier alpha value is -1.95. The number of nitrogens with one attached hydrogen (secondary N) is 2. The van der Waals surface area contributed by atoms with Gasteiger partial charge in [-0.2, -0.15) is 0 Å². The molecule has 1 fully saturated rings. The van der Waals surface area contributed by atoms with Crippen molar-refractivity contribution in [2.45, 2.75) is 56.9 Å². The van der Waals surface area contributed by atoms with Crippen molar-refractivity contribution in [2.24, 2.45) is 5.92 Å². The number of para-hydroxylation sites is 1. The Morgan fingerprint density at radius 2 is 2.00 bits per heavy atom. The summed E-state index contributed by atoms with van der Waals surface area (Å²) in [5, 5.41) is 4.53. The molecule has 1 atom stereocenters. The van der Waals surface area contributed by atoms with E-state index in [4.69, 9.17) is 4.74 Å². The van der Waals surface area contributed by atoms with Crippen LogP contribution in [-0.2, 0) is 21.5 Å². The summed E-state index contributed by atoms with van der Waals surface area (Å²) in [6, 6.07) is 8.03. The lowest BCUT2D eigenvalue weighted by molar-refractivity contribution is -0.153. The topological polar surface area (TPSA) is 54.1 Å². The normalized spacial score (nSPS) is 25.3. The molecule has 2 heterocycles. The number of ether oxygens (including phenoxy) is 1. The summed E-state index contributed by atoms with van der Waals surface area (Å²) >= 11 is 0. The van der Waals surface area contributed by atoms with Crippen LogP contribution in [-0.4, -0.2) is 30.0 Å². The second kappa shape index (κ2) is 6.89. The molecular formula is C21H26F2N2O2. The number of H-pyrrole nitrogens is 1. The minimum atomic E-state index is -2.57. The average Bonchev–Trinajstić information content (AvgIpc) is 3.04. The molecule has 0 spiro atoms. The van der Waals surface area contributed by atoms with Crippen LogP contribution in [0.4, 0.5) is 8.78 Å². The molecule has 0 amide bonds. The van der Waals surface area contributed by atoms with Gasteiger partial charge in [-0.25, -0.2) is 13.6 Å². The van der Waals surface area contributed by atoms with E-state index in [-0.39, 0.29) is 24.7 Å². The molecule has 4 nitrogen and oxygen atoms in total. The average molecular weight is 376 g/mol. The molecule has 0 radical (unpaired) electrons. The fourth-order valence-electron chi connectivity index (χ4n) is 4.74. The Morgan fingerprint density at radius 3 is 2.74 bits per heavy atom. The van der Waals surface area contributed by atoms with Crippen LogP contribution in [0, 0.1) is 5.92 Å². The summed E-state index contributed by atoms with van der Waals surface area (Å²) in [5.41, 5.74) is 2.00. The van der Waals surface area contributed by atoms with E-state index in [9.17, 15) is 13.6 Å². The van der Waals surface area contributed by atoms with Crippen LogP contribution in [0.25, 0.3) is 10.9 Å². The van der Waals surface area contributed by atoms with Gasteiger partial charge in [-0.3, -0.25) is 5.32 Å². The van der Waals surface area contributed by atoms with Crippen molar-refractivity contribution in [1.29, 1.82) is 0 Å². The van der Waals surface area contributed by atoms with Crippen LogP contribution in [0.3, 0.4) is 0 Å². The van der Waals surface area contributed by atoms with Gasteiger partial charge < -0.3 is 9.72 Å². The fourth-order valence-corrected chi connectivity index (χ4v) is 4.74. The van der Waals surface area contributed by atoms with E-state index < -0.39 is 11.5 Å². The van der Waals surface area contributed by atoms with Crippen molar-refractivity contribution in [1.82, 2.24) is 10.3 Å². The molecule has 1 aromatic carbocycles. The zero-order valence-corrected chi connectivity index (χ0v) is 15.6. The predicted molar refractivity (Wildman–Crippen MR) is 99.8 cm³/mol. The molecule has 1 saturated carbocycles. The highest BCUT2D eigenvalue weighted by molar-refractivity contribution is 5.90. The van der Waals surface area contributed by atoms with Crippen molar-refractivity contribution in [3.63, 3.8) is 0 Å². The Morgan fingerprint density at radius 1 is 1.26 bits per heavy atom. The molecule has 1 aliphatic carbocycles. The second-order valence-electron chi connectivity index (χ2n) is 7.83. The molecule has 2 aliphatic rings. The number of aromatic nitrogens is 1. The molecule has 146 valence electrons. The fraction of sp³-hybridized carbons (Fsp3) is 0.571. The summed E-state index contributed by atoms with van der Waals surface area (Å²) in [5.74, 6) is -2.81. The number of carbonyl (C=O) groups excluding carboxylic acids is 1. The van der Waals surface area contributed by atoms with Crippen molar-refractivity contribution in [2.75, 3.05) is 13.2 Å².